The third-order valence-electron chi connectivity index (χ3n) is 4.45. The number of ether oxygens (including phenoxy) is 1. The summed E-state index contributed by atoms with van der Waals surface area (Å²) in [6.45, 7) is 10.2. The van der Waals surface area contributed by atoms with E-state index in [1.807, 2.05) is 24.3 Å². The fraction of sp³-hybridized carbons (Fsp3) is 0.348. The largest absolute Gasteiger partial charge is 0.491 e. The van der Waals surface area contributed by atoms with E-state index < -0.39 is 6.43 Å². The minimum atomic E-state index is -2.63. The number of nitriles is 1. The van der Waals surface area contributed by atoms with E-state index in [0.717, 1.165) is 22.9 Å². The lowest BCUT2D eigenvalue weighted by molar-refractivity contribution is 0.142. The van der Waals surface area contributed by atoms with Crippen molar-refractivity contribution in [1.29, 1.82) is 5.26 Å². The van der Waals surface area contributed by atoms with Crippen LogP contribution in [0.15, 0.2) is 48.8 Å². The molecule has 0 spiro atoms. The summed E-state index contributed by atoms with van der Waals surface area (Å²) in [6, 6.07) is 10.8. The van der Waals surface area contributed by atoms with Crippen molar-refractivity contribution in [2.75, 3.05) is 6.61 Å². The van der Waals surface area contributed by atoms with E-state index in [2.05, 4.69) is 37.3 Å². The molecule has 0 aliphatic carbocycles. The molecule has 29 heavy (non-hydrogen) atoms. The molecule has 2 heterocycles. The van der Waals surface area contributed by atoms with Crippen molar-refractivity contribution in [3.8, 4) is 23.6 Å². The molecular weight excluding hydrogens is 372 g/mol. The Morgan fingerprint density at radius 1 is 1.07 bits per heavy atom. The molecule has 0 N–H and O–H groups in total. The lowest BCUT2D eigenvalue weighted by atomic mass is 10.00. The molecule has 4 nitrogen and oxygen atoms in total. The van der Waals surface area contributed by atoms with E-state index in [4.69, 9.17) is 10.00 Å². The molecule has 6 heteroatoms. The summed E-state index contributed by atoms with van der Waals surface area (Å²) < 4.78 is 33.0. The quantitative estimate of drug-likeness (QED) is 0.460. The first-order chi connectivity index (χ1) is 14.0. The lowest BCUT2D eigenvalue weighted by Gasteiger charge is -2.17. The summed E-state index contributed by atoms with van der Waals surface area (Å²) in [5.41, 5.74) is 1.95. The standard InChI is InChI=1S/C22H24F2N2O.CHN/c1-14(2)10-15(3)13-27-21-12-26-20(11-18(21)22(23)24)17-8-9-25-19-7-5-4-6-16(17)19;1-2/h4-9,11-12,14-15,22H,10,13H2,1-3H3;1H. The molecule has 3 rings (SSSR count). The van der Waals surface area contributed by atoms with Gasteiger partial charge in [0.05, 0.1) is 29.6 Å². The second-order valence-corrected chi connectivity index (χ2v) is 7.33. The monoisotopic (exact) mass is 397 g/mol. The molecule has 1 unspecified atom stereocenters. The van der Waals surface area contributed by atoms with Crippen LogP contribution in [0.2, 0.25) is 0 Å². The van der Waals surface area contributed by atoms with E-state index in [1.165, 1.54) is 12.3 Å². The van der Waals surface area contributed by atoms with Crippen LogP contribution in [-0.4, -0.2) is 16.6 Å². The zero-order valence-corrected chi connectivity index (χ0v) is 16.8. The van der Waals surface area contributed by atoms with E-state index in [1.54, 1.807) is 12.3 Å². The lowest BCUT2D eigenvalue weighted by Crippen LogP contribution is -2.12. The zero-order chi connectivity index (χ0) is 21.4. The summed E-state index contributed by atoms with van der Waals surface area (Å²) in [7, 11) is 0. The van der Waals surface area contributed by atoms with Gasteiger partial charge in [0.25, 0.3) is 6.43 Å². The topological polar surface area (TPSA) is 58.8 Å². The number of hydrogen-bond acceptors (Lipinski definition) is 4. The highest BCUT2D eigenvalue weighted by Crippen LogP contribution is 2.34. The summed E-state index contributed by atoms with van der Waals surface area (Å²) in [6.07, 6.45) is 1.43. The molecule has 152 valence electrons. The van der Waals surface area contributed by atoms with E-state index in [0.29, 0.717) is 24.1 Å². The fourth-order valence-electron chi connectivity index (χ4n) is 3.32. The third kappa shape index (κ3) is 5.71. The van der Waals surface area contributed by atoms with Gasteiger partial charge in [0.2, 0.25) is 0 Å². The molecule has 0 amide bonds. The maximum Gasteiger partial charge on any atom is 0.267 e. The van der Waals surface area contributed by atoms with Gasteiger partial charge in [0, 0.05) is 23.7 Å². The molecule has 0 aliphatic rings. The first-order valence-corrected chi connectivity index (χ1v) is 9.46. The number of alkyl halides is 2. The van der Waals surface area contributed by atoms with Gasteiger partial charge in [-0.05, 0) is 36.5 Å². The summed E-state index contributed by atoms with van der Waals surface area (Å²) in [5.74, 6) is 0.987. The first-order valence-electron chi connectivity index (χ1n) is 9.46. The van der Waals surface area contributed by atoms with Crippen molar-refractivity contribution in [2.24, 2.45) is 11.8 Å². The van der Waals surface area contributed by atoms with Crippen molar-refractivity contribution >= 4 is 10.9 Å². The molecule has 0 saturated heterocycles. The Bertz CT molecular complexity index is 952. The van der Waals surface area contributed by atoms with Gasteiger partial charge in [-0.15, -0.1) is 0 Å². The van der Waals surface area contributed by atoms with Crippen LogP contribution in [-0.2, 0) is 0 Å². The van der Waals surface area contributed by atoms with Gasteiger partial charge >= 0.3 is 0 Å². The minimum absolute atomic E-state index is 0.127. The van der Waals surface area contributed by atoms with Crippen molar-refractivity contribution < 1.29 is 13.5 Å². The number of hydrogen-bond donors (Lipinski definition) is 0. The smallest absolute Gasteiger partial charge is 0.267 e. The summed E-state index contributed by atoms with van der Waals surface area (Å²) >= 11 is 0. The van der Waals surface area contributed by atoms with Gasteiger partial charge in [-0.1, -0.05) is 39.0 Å². The van der Waals surface area contributed by atoms with Gasteiger partial charge in [0.15, 0.2) is 0 Å². The molecule has 1 aromatic carbocycles. The van der Waals surface area contributed by atoms with Crippen LogP contribution in [0.3, 0.4) is 0 Å². The Labute approximate surface area is 170 Å². The predicted octanol–water partition coefficient (Wildman–Crippen LogP) is 6.44. The van der Waals surface area contributed by atoms with Gasteiger partial charge < -0.3 is 4.74 Å². The summed E-state index contributed by atoms with van der Waals surface area (Å²) in [5, 5.41) is 7.38. The van der Waals surface area contributed by atoms with Crippen molar-refractivity contribution in [3.63, 3.8) is 0 Å². The van der Waals surface area contributed by atoms with Crippen molar-refractivity contribution in [2.45, 2.75) is 33.6 Å². The van der Waals surface area contributed by atoms with Gasteiger partial charge in [-0.25, -0.2) is 14.0 Å². The van der Waals surface area contributed by atoms with E-state index in [9.17, 15) is 8.78 Å². The first kappa shape index (κ1) is 22.2. The van der Waals surface area contributed by atoms with Gasteiger partial charge in [-0.2, -0.15) is 0 Å². The number of benzene rings is 1. The molecule has 0 aliphatic heterocycles. The maximum absolute atomic E-state index is 13.7. The van der Waals surface area contributed by atoms with Crippen LogP contribution < -0.4 is 4.74 Å². The number of halogens is 2. The molecule has 0 bridgehead atoms. The maximum atomic E-state index is 13.7. The fourth-order valence-corrected chi connectivity index (χ4v) is 3.32. The number of fused-ring (bicyclic) bond motifs is 1. The molecule has 2 aromatic heterocycles. The van der Waals surface area contributed by atoms with Crippen LogP contribution >= 0.6 is 0 Å². The molecule has 0 saturated carbocycles. The molecule has 0 radical (unpaired) electrons. The van der Waals surface area contributed by atoms with Gasteiger partial charge in [0.1, 0.15) is 5.75 Å². The zero-order valence-electron chi connectivity index (χ0n) is 16.8. The molecular formula is C23H25F2N3O. The second kappa shape index (κ2) is 10.5. The Hall–Kier alpha value is -3.07. The van der Waals surface area contributed by atoms with Crippen LogP contribution in [0.5, 0.6) is 5.75 Å². The number of aromatic nitrogens is 2. The molecule has 0 fully saturated rings. The Kier molecular flexibility index (Phi) is 8.02. The SMILES string of the molecule is C#N.CC(C)CC(C)COc1cnc(-c2ccnc3ccccc23)cc1C(F)F. The van der Waals surface area contributed by atoms with Crippen molar-refractivity contribution in [1.82, 2.24) is 9.97 Å². The highest BCUT2D eigenvalue weighted by atomic mass is 19.3. The Morgan fingerprint density at radius 2 is 1.79 bits per heavy atom. The number of rotatable bonds is 7. The number of nitrogens with zero attached hydrogens (tertiary/aromatic N) is 3. The van der Waals surface area contributed by atoms with Crippen LogP contribution in [0.4, 0.5) is 8.78 Å². The van der Waals surface area contributed by atoms with E-state index >= 15 is 0 Å². The van der Waals surface area contributed by atoms with Crippen LogP contribution in [0, 0.1) is 23.7 Å². The van der Waals surface area contributed by atoms with Crippen LogP contribution in [0.25, 0.3) is 22.2 Å². The molecule has 3 aromatic rings. The Morgan fingerprint density at radius 3 is 2.48 bits per heavy atom. The average molecular weight is 397 g/mol. The van der Waals surface area contributed by atoms with Crippen molar-refractivity contribution in [3.05, 3.63) is 54.4 Å². The normalized spacial score (nSPS) is 11.9. The second-order valence-electron chi connectivity index (χ2n) is 7.33. The average Bonchev–Trinajstić information content (AvgIpc) is 2.72. The highest BCUT2D eigenvalue weighted by molar-refractivity contribution is 5.93. The highest BCUT2D eigenvalue weighted by Gasteiger charge is 2.18. The van der Waals surface area contributed by atoms with Crippen LogP contribution in [0.1, 0.15) is 39.2 Å². The summed E-state index contributed by atoms with van der Waals surface area (Å²) in [4.78, 5) is 8.71. The number of pyridine rings is 2. The Balaban J connectivity index is 0.00000145. The van der Waals surface area contributed by atoms with Gasteiger partial charge in [-0.3, -0.25) is 9.97 Å². The third-order valence-corrected chi connectivity index (χ3v) is 4.45. The molecule has 1 atom stereocenters. The predicted molar refractivity (Wildman–Crippen MR) is 111 cm³/mol. The van der Waals surface area contributed by atoms with E-state index in [-0.39, 0.29) is 11.3 Å². The minimum Gasteiger partial charge on any atom is -0.491 e. The number of para-hydroxylation sites is 1.